The van der Waals surface area contributed by atoms with Gasteiger partial charge in [0.15, 0.2) is 0 Å². The number of aryl methyl sites for hydroxylation is 1. The van der Waals surface area contributed by atoms with Crippen LogP contribution in [0.3, 0.4) is 0 Å². The van der Waals surface area contributed by atoms with E-state index < -0.39 is 12.1 Å². The molecule has 7 heteroatoms. The van der Waals surface area contributed by atoms with Crippen molar-refractivity contribution in [3.05, 3.63) is 74.4 Å². The maximum Gasteiger partial charge on any atom is 0.319 e. The van der Waals surface area contributed by atoms with Gasteiger partial charge in [0.05, 0.1) is 11.6 Å². The number of rotatable bonds is 3. The van der Waals surface area contributed by atoms with Crippen LogP contribution < -0.4 is 16.0 Å². The predicted molar refractivity (Wildman–Crippen MR) is 108 cm³/mol. The van der Waals surface area contributed by atoms with Crippen LogP contribution in [0.2, 0.25) is 10.0 Å². The molecule has 1 heterocycles. The van der Waals surface area contributed by atoms with Crippen molar-refractivity contribution in [1.82, 2.24) is 10.6 Å². The lowest BCUT2D eigenvalue weighted by atomic mass is 9.94. The number of anilines is 1. The standard InChI is InChI=1S/C20H19Cl2N3O2/c1-10-6-4-9-15(11(10)2)24-19(26)16-12(3)23-20(27)25-18(16)17-13(21)7-5-8-14(17)22/h4-9,18H,1-3H3,(H,24,26)(H2,23,25,27)/t18-/m0/s1. The van der Waals surface area contributed by atoms with Crippen LogP contribution >= 0.6 is 23.2 Å². The van der Waals surface area contributed by atoms with E-state index in [4.69, 9.17) is 23.2 Å². The van der Waals surface area contributed by atoms with Gasteiger partial charge in [-0.3, -0.25) is 4.79 Å². The Bertz CT molecular complexity index is 949. The number of urea groups is 1. The normalized spacial score (nSPS) is 16.6. The van der Waals surface area contributed by atoms with Crippen molar-refractivity contribution < 1.29 is 9.59 Å². The van der Waals surface area contributed by atoms with E-state index in [1.165, 1.54) is 0 Å². The zero-order chi connectivity index (χ0) is 19.7. The third-order valence-electron chi connectivity index (χ3n) is 4.65. The quantitative estimate of drug-likeness (QED) is 0.683. The Morgan fingerprint density at radius 3 is 2.33 bits per heavy atom. The van der Waals surface area contributed by atoms with Gasteiger partial charge in [-0.15, -0.1) is 0 Å². The smallest absolute Gasteiger partial charge is 0.319 e. The Morgan fingerprint density at radius 2 is 1.67 bits per heavy atom. The highest BCUT2D eigenvalue weighted by Gasteiger charge is 2.33. The monoisotopic (exact) mass is 403 g/mol. The molecule has 0 aliphatic carbocycles. The van der Waals surface area contributed by atoms with Gasteiger partial charge < -0.3 is 16.0 Å². The van der Waals surface area contributed by atoms with Gasteiger partial charge in [-0.2, -0.15) is 0 Å². The molecule has 140 valence electrons. The fourth-order valence-electron chi connectivity index (χ4n) is 3.07. The van der Waals surface area contributed by atoms with E-state index in [0.717, 1.165) is 11.1 Å². The lowest BCUT2D eigenvalue weighted by Gasteiger charge is -2.30. The number of carbonyl (C=O) groups is 2. The second-order valence-corrected chi connectivity index (χ2v) is 7.22. The van der Waals surface area contributed by atoms with Crippen molar-refractivity contribution in [3.63, 3.8) is 0 Å². The zero-order valence-corrected chi connectivity index (χ0v) is 16.6. The molecule has 0 fully saturated rings. The summed E-state index contributed by atoms with van der Waals surface area (Å²) in [6.45, 7) is 5.59. The number of allylic oxidation sites excluding steroid dienone is 1. The van der Waals surface area contributed by atoms with Crippen LogP contribution in [0.4, 0.5) is 10.5 Å². The van der Waals surface area contributed by atoms with Crippen molar-refractivity contribution in [2.45, 2.75) is 26.8 Å². The molecule has 27 heavy (non-hydrogen) atoms. The molecule has 0 radical (unpaired) electrons. The summed E-state index contributed by atoms with van der Waals surface area (Å²) in [5.74, 6) is -0.338. The van der Waals surface area contributed by atoms with Crippen LogP contribution in [-0.2, 0) is 4.79 Å². The van der Waals surface area contributed by atoms with Crippen LogP contribution in [0.1, 0.15) is 29.7 Å². The van der Waals surface area contributed by atoms with Gasteiger partial charge in [-0.1, -0.05) is 41.4 Å². The molecule has 0 aromatic heterocycles. The molecule has 1 atom stereocenters. The molecule has 0 saturated carbocycles. The summed E-state index contributed by atoms with van der Waals surface area (Å²) in [6, 6.07) is 9.57. The molecule has 0 bridgehead atoms. The Morgan fingerprint density at radius 1 is 1.04 bits per heavy atom. The van der Waals surface area contributed by atoms with Crippen molar-refractivity contribution >= 4 is 40.8 Å². The van der Waals surface area contributed by atoms with Crippen molar-refractivity contribution in [1.29, 1.82) is 0 Å². The molecule has 5 nitrogen and oxygen atoms in total. The minimum Gasteiger partial charge on any atom is -0.327 e. The summed E-state index contributed by atoms with van der Waals surface area (Å²) in [5.41, 5.74) is 4.04. The van der Waals surface area contributed by atoms with Crippen LogP contribution in [0, 0.1) is 13.8 Å². The van der Waals surface area contributed by atoms with E-state index in [1.54, 1.807) is 25.1 Å². The predicted octanol–water partition coefficient (Wildman–Crippen LogP) is 4.88. The second-order valence-electron chi connectivity index (χ2n) is 6.41. The van der Waals surface area contributed by atoms with Gasteiger partial charge in [-0.25, -0.2) is 4.79 Å². The number of nitrogens with one attached hydrogen (secondary N) is 3. The Labute approximate surface area is 167 Å². The summed E-state index contributed by atoms with van der Waals surface area (Å²) >= 11 is 12.6. The molecule has 2 aromatic carbocycles. The zero-order valence-electron chi connectivity index (χ0n) is 15.1. The number of carbonyl (C=O) groups excluding carboxylic acids is 2. The van der Waals surface area contributed by atoms with Gasteiger partial charge >= 0.3 is 6.03 Å². The summed E-state index contributed by atoms with van der Waals surface area (Å²) in [4.78, 5) is 25.1. The van der Waals surface area contributed by atoms with E-state index in [2.05, 4.69) is 16.0 Å². The largest absolute Gasteiger partial charge is 0.327 e. The summed E-state index contributed by atoms with van der Waals surface area (Å²) < 4.78 is 0. The molecule has 0 saturated heterocycles. The van der Waals surface area contributed by atoms with E-state index in [-0.39, 0.29) is 5.91 Å². The van der Waals surface area contributed by atoms with Crippen molar-refractivity contribution in [3.8, 4) is 0 Å². The van der Waals surface area contributed by atoms with Crippen LogP contribution in [0.15, 0.2) is 47.7 Å². The first kappa shape index (κ1) is 19.3. The lowest BCUT2D eigenvalue weighted by Crippen LogP contribution is -2.46. The molecule has 2 aromatic rings. The minimum atomic E-state index is -0.759. The number of hydrogen-bond acceptors (Lipinski definition) is 2. The number of hydrogen-bond donors (Lipinski definition) is 3. The van der Waals surface area contributed by atoms with Crippen molar-refractivity contribution in [2.24, 2.45) is 0 Å². The Kier molecular flexibility index (Phi) is 5.44. The number of benzene rings is 2. The summed E-state index contributed by atoms with van der Waals surface area (Å²) in [7, 11) is 0. The topological polar surface area (TPSA) is 70.2 Å². The van der Waals surface area contributed by atoms with E-state index in [9.17, 15) is 9.59 Å². The number of halogens is 2. The van der Waals surface area contributed by atoms with Gasteiger partial charge in [0.2, 0.25) is 0 Å². The van der Waals surface area contributed by atoms with E-state index in [0.29, 0.717) is 32.6 Å². The van der Waals surface area contributed by atoms with Gasteiger partial charge in [-0.05, 0) is 50.1 Å². The lowest BCUT2D eigenvalue weighted by molar-refractivity contribution is -0.113. The van der Waals surface area contributed by atoms with Crippen LogP contribution in [0.5, 0.6) is 0 Å². The highest BCUT2D eigenvalue weighted by molar-refractivity contribution is 6.36. The highest BCUT2D eigenvalue weighted by Crippen LogP contribution is 2.36. The van der Waals surface area contributed by atoms with Gasteiger partial charge in [0.25, 0.3) is 5.91 Å². The summed E-state index contributed by atoms with van der Waals surface area (Å²) in [5, 5.41) is 9.07. The van der Waals surface area contributed by atoms with E-state index in [1.807, 2.05) is 32.0 Å². The summed E-state index contributed by atoms with van der Waals surface area (Å²) in [6.07, 6.45) is 0. The fraction of sp³-hybridized carbons (Fsp3) is 0.200. The molecular formula is C20H19Cl2N3O2. The van der Waals surface area contributed by atoms with E-state index >= 15 is 0 Å². The average Bonchev–Trinajstić information content (AvgIpc) is 2.58. The molecule has 3 rings (SSSR count). The molecular weight excluding hydrogens is 385 g/mol. The second kappa shape index (κ2) is 7.62. The molecule has 3 N–H and O–H groups in total. The molecule has 3 amide bonds. The molecule has 0 unspecified atom stereocenters. The Balaban J connectivity index is 2.04. The SMILES string of the molecule is CC1=C(C(=O)Nc2cccc(C)c2C)[C@@H](c2c(Cl)cccc2Cl)NC(=O)N1. The average molecular weight is 404 g/mol. The van der Waals surface area contributed by atoms with Crippen molar-refractivity contribution in [2.75, 3.05) is 5.32 Å². The van der Waals surface area contributed by atoms with Crippen LogP contribution in [0.25, 0.3) is 0 Å². The number of amides is 3. The first-order valence-electron chi connectivity index (χ1n) is 8.39. The van der Waals surface area contributed by atoms with Crippen LogP contribution in [-0.4, -0.2) is 11.9 Å². The van der Waals surface area contributed by atoms with Gasteiger partial charge in [0.1, 0.15) is 0 Å². The first-order chi connectivity index (χ1) is 12.8. The third kappa shape index (κ3) is 3.80. The minimum absolute atomic E-state index is 0.338. The Hall–Kier alpha value is -2.50. The molecule has 1 aliphatic rings. The van der Waals surface area contributed by atoms with Gasteiger partial charge in [0, 0.05) is 27.0 Å². The maximum absolute atomic E-state index is 13.1. The maximum atomic E-state index is 13.1. The molecule has 1 aliphatic heterocycles. The highest BCUT2D eigenvalue weighted by atomic mass is 35.5. The third-order valence-corrected chi connectivity index (χ3v) is 5.31. The molecule has 0 spiro atoms. The first-order valence-corrected chi connectivity index (χ1v) is 9.15. The fourth-order valence-corrected chi connectivity index (χ4v) is 3.69.